The van der Waals surface area contributed by atoms with Crippen LogP contribution < -0.4 is 16.4 Å². The lowest BCUT2D eigenvalue weighted by Gasteiger charge is -2.36. The summed E-state index contributed by atoms with van der Waals surface area (Å²) in [6.07, 6.45) is 7.31. The number of nitrogens with two attached hydrogens (primary N) is 1. The minimum absolute atomic E-state index is 0.0339. The van der Waals surface area contributed by atoms with Gasteiger partial charge in [-0.15, -0.1) is 0 Å². The van der Waals surface area contributed by atoms with E-state index in [4.69, 9.17) is 17.3 Å². The highest BCUT2D eigenvalue weighted by atomic mass is 35.5. The van der Waals surface area contributed by atoms with E-state index in [1.807, 2.05) is 0 Å². The Morgan fingerprint density at radius 3 is 2.60 bits per heavy atom. The number of aromatic nitrogens is 4. The average molecular weight is 430 g/mol. The first-order valence-electron chi connectivity index (χ1n) is 10.0. The van der Waals surface area contributed by atoms with E-state index in [1.54, 1.807) is 12.3 Å². The summed E-state index contributed by atoms with van der Waals surface area (Å²) in [4.78, 5) is 17.6. The first kappa shape index (κ1) is 20.7. The molecule has 0 saturated heterocycles. The lowest BCUT2D eigenvalue weighted by molar-refractivity contribution is 0.230. The van der Waals surface area contributed by atoms with Crippen molar-refractivity contribution in [3.63, 3.8) is 0 Å². The van der Waals surface area contributed by atoms with E-state index in [1.165, 1.54) is 18.5 Å². The third-order valence-electron chi connectivity index (χ3n) is 5.67. The minimum Gasteiger partial charge on any atom is -0.351 e. The van der Waals surface area contributed by atoms with Crippen LogP contribution in [0.25, 0.3) is 11.0 Å². The Morgan fingerprint density at radius 2 is 1.90 bits per heavy atom. The van der Waals surface area contributed by atoms with Crippen LogP contribution in [0, 0.1) is 11.7 Å². The highest BCUT2D eigenvalue weighted by Crippen LogP contribution is 2.32. The second-order valence-corrected chi connectivity index (χ2v) is 8.83. The molecule has 0 bridgehead atoms. The van der Waals surface area contributed by atoms with Crippen LogP contribution in [0.4, 0.5) is 21.8 Å². The molecule has 9 heteroatoms. The number of anilines is 3. The molecule has 4 rings (SSSR count). The molecule has 1 aliphatic carbocycles. The topological polar surface area (TPSA) is 102 Å². The number of fused-ring (bicyclic) bond motifs is 1. The van der Waals surface area contributed by atoms with Gasteiger partial charge in [-0.3, -0.25) is 0 Å². The van der Waals surface area contributed by atoms with E-state index in [0.29, 0.717) is 40.4 Å². The third-order valence-corrected chi connectivity index (χ3v) is 5.96. The first-order chi connectivity index (χ1) is 14.3. The molecule has 7 nitrogen and oxygen atoms in total. The summed E-state index contributed by atoms with van der Waals surface area (Å²) in [6.45, 7) is 4.20. The summed E-state index contributed by atoms with van der Waals surface area (Å²) in [6, 6.07) is 4.70. The Bertz CT molecular complexity index is 1050. The molecule has 2 heterocycles. The zero-order valence-electron chi connectivity index (χ0n) is 17.0. The number of hydrogen-bond donors (Lipinski definition) is 3. The Balaban J connectivity index is 1.52. The van der Waals surface area contributed by atoms with Crippen LogP contribution in [0.2, 0.25) is 5.02 Å². The molecular weight excluding hydrogens is 405 g/mol. The number of halogens is 2. The Labute approximate surface area is 179 Å². The highest BCUT2D eigenvalue weighted by Gasteiger charge is 2.30. The van der Waals surface area contributed by atoms with Crippen LogP contribution >= 0.6 is 11.6 Å². The van der Waals surface area contributed by atoms with Gasteiger partial charge in [0.25, 0.3) is 0 Å². The smallest absolute Gasteiger partial charge is 0.223 e. The summed E-state index contributed by atoms with van der Waals surface area (Å²) in [5.74, 6) is 1.09. The molecule has 0 atom stereocenters. The number of nitrogens with one attached hydrogen (secondary N) is 2. The SMILES string of the molecule is CC(C)(N)C1CCC(Nc2ncc3ncnc(Nc4ccc(F)c(Cl)c4)c3n2)CC1. The molecular formula is C21H25ClFN7. The van der Waals surface area contributed by atoms with E-state index in [9.17, 15) is 4.39 Å². The fourth-order valence-corrected chi connectivity index (χ4v) is 4.07. The highest BCUT2D eigenvalue weighted by molar-refractivity contribution is 6.31. The number of rotatable bonds is 5. The molecule has 1 saturated carbocycles. The number of benzene rings is 1. The van der Waals surface area contributed by atoms with Crippen LogP contribution in [-0.2, 0) is 0 Å². The molecule has 1 fully saturated rings. The van der Waals surface area contributed by atoms with E-state index in [0.717, 1.165) is 25.7 Å². The maximum absolute atomic E-state index is 13.4. The predicted molar refractivity (Wildman–Crippen MR) is 117 cm³/mol. The molecule has 0 aliphatic heterocycles. The molecule has 3 aromatic rings. The van der Waals surface area contributed by atoms with Crippen molar-refractivity contribution in [3.8, 4) is 0 Å². The maximum atomic E-state index is 13.4. The van der Waals surface area contributed by atoms with Crippen molar-refractivity contribution in [1.29, 1.82) is 0 Å². The second kappa shape index (κ2) is 8.28. The van der Waals surface area contributed by atoms with Crippen LogP contribution in [-0.4, -0.2) is 31.5 Å². The van der Waals surface area contributed by atoms with Gasteiger partial charge in [0.2, 0.25) is 5.95 Å². The molecule has 30 heavy (non-hydrogen) atoms. The molecule has 2 aromatic heterocycles. The monoisotopic (exact) mass is 429 g/mol. The third kappa shape index (κ3) is 4.60. The molecule has 0 unspecified atom stereocenters. The van der Waals surface area contributed by atoms with Gasteiger partial charge in [0, 0.05) is 17.3 Å². The molecule has 1 aromatic carbocycles. The summed E-state index contributed by atoms with van der Waals surface area (Å²) in [5, 5.41) is 6.60. The summed E-state index contributed by atoms with van der Waals surface area (Å²) in [5.41, 5.74) is 7.92. The van der Waals surface area contributed by atoms with Gasteiger partial charge in [-0.2, -0.15) is 0 Å². The van der Waals surface area contributed by atoms with Crippen LogP contribution in [0.3, 0.4) is 0 Å². The maximum Gasteiger partial charge on any atom is 0.223 e. The zero-order valence-corrected chi connectivity index (χ0v) is 17.7. The summed E-state index contributed by atoms with van der Waals surface area (Å²) >= 11 is 5.88. The fraction of sp³-hybridized carbons (Fsp3) is 0.429. The van der Waals surface area contributed by atoms with Crippen molar-refractivity contribution in [1.82, 2.24) is 19.9 Å². The number of nitrogens with zero attached hydrogens (tertiary/aromatic N) is 4. The van der Waals surface area contributed by atoms with Gasteiger partial charge in [0.15, 0.2) is 5.82 Å². The van der Waals surface area contributed by atoms with Crippen molar-refractivity contribution < 1.29 is 4.39 Å². The van der Waals surface area contributed by atoms with E-state index < -0.39 is 5.82 Å². The van der Waals surface area contributed by atoms with E-state index >= 15 is 0 Å². The van der Waals surface area contributed by atoms with Crippen molar-refractivity contribution in [2.75, 3.05) is 10.6 Å². The van der Waals surface area contributed by atoms with E-state index in [-0.39, 0.29) is 10.6 Å². The Hall–Kier alpha value is -2.58. The molecule has 158 valence electrons. The van der Waals surface area contributed by atoms with Crippen molar-refractivity contribution >= 4 is 40.1 Å². The van der Waals surface area contributed by atoms with Gasteiger partial charge in [-0.05, 0) is 63.6 Å². The predicted octanol–water partition coefficient (Wildman–Crippen LogP) is 4.66. The average Bonchev–Trinajstić information content (AvgIpc) is 2.71. The molecule has 0 amide bonds. The zero-order chi connectivity index (χ0) is 21.3. The van der Waals surface area contributed by atoms with Gasteiger partial charge < -0.3 is 16.4 Å². The summed E-state index contributed by atoms with van der Waals surface area (Å²) in [7, 11) is 0. The largest absolute Gasteiger partial charge is 0.351 e. The number of hydrogen-bond acceptors (Lipinski definition) is 7. The van der Waals surface area contributed by atoms with Crippen LogP contribution in [0.5, 0.6) is 0 Å². The van der Waals surface area contributed by atoms with Gasteiger partial charge in [-0.25, -0.2) is 24.3 Å². The normalized spacial score (nSPS) is 19.6. The minimum atomic E-state index is -0.476. The molecule has 0 radical (unpaired) electrons. The van der Waals surface area contributed by atoms with Gasteiger partial charge in [-0.1, -0.05) is 11.6 Å². The summed E-state index contributed by atoms with van der Waals surface area (Å²) < 4.78 is 13.4. The van der Waals surface area contributed by atoms with Crippen molar-refractivity contribution in [3.05, 3.63) is 41.6 Å². The lowest BCUT2D eigenvalue weighted by atomic mass is 9.76. The van der Waals surface area contributed by atoms with Crippen molar-refractivity contribution in [2.24, 2.45) is 11.7 Å². The van der Waals surface area contributed by atoms with Crippen molar-refractivity contribution in [2.45, 2.75) is 51.1 Å². The molecule has 4 N–H and O–H groups in total. The van der Waals surface area contributed by atoms with E-state index in [2.05, 4.69) is 44.4 Å². The second-order valence-electron chi connectivity index (χ2n) is 8.42. The standard InChI is InChI=1S/C21H25ClFN7/c1-21(2,24)12-3-5-13(6-4-12)29-20-25-10-17-18(30-20)19(27-11-26-17)28-14-7-8-16(23)15(22)9-14/h7-13H,3-6,24H2,1-2H3,(H,25,29,30)(H,26,27,28). The Morgan fingerprint density at radius 1 is 1.13 bits per heavy atom. The van der Waals surface area contributed by atoms with Gasteiger partial charge >= 0.3 is 0 Å². The molecule has 0 spiro atoms. The van der Waals surface area contributed by atoms with Gasteiger partial charge in [0.1, 0.15) is 23.2 Å². The molecule has 1 aliphatic rings. The lowest BCUT2D eigenvalue weighted by Crippen LogP contribution is -2.44. The van der Waals surface area contributed by atoms with Crippen LogP contribution in [0.15, 0.2) is 30.7 Å². The quantitative estimate of drug-likeness (QED) is 0.541. The van der Waals surface area contributed by atoms with Gasteiger partial charge in [0.05, 0.1) is 11.2 Å². The Kier molecular flexibility index (Phi) is 5.71. The van der Waals surface area contributed by atoms with Crippen LogP contribution in [0.1, 0.15) is 39.5 Å². The fourth-order valence-electron chi connectivity index (χ4n) is 3.89. The first-order valence-corrected chi connectivity index (χ1v) is 10.4.